The molecule has 12 heavy (non-hydrogen) atoms. The predicted octanol–water partition coefficient (Wildman–Crippen LogP) is 1.38. The SMILES string of the molecule is CC1CN(CCN)CC1C.Cl.Cl. The summed E-state index contributed by atoms with van der Waals surface area (Å²) >= 11 is 0. The monoisotopic (exact) mass is 214 g/mol. The summed E-state index contributed by atoms with van der Waals surface area (Å²) in [4.78, 5) is 2.45. The topological polar surface area (TPSA) is 29.3 Å². The van der Waals surface area contributed by atoms with Crippen LogP contribution in [-0.4, -0.2) is 31.1 Å². The molecule has 0 spiro atoms. The molecule has 0 saturated carbocycles. The van der Waals surface area contributed by atoms with Crippen LogP contribution in [0.15, 0.2) is 0 Å². The van der Waals surface area contributed by atoms with Crippen LogP contribution in [0.1, 0.15) is 13.8 Å². The minimum absolute atomic E-state index is 0. The lowest BCUT2D eigenvalue weighted by Gasteiger charge is -2.12. The van der Waals surface area contributed by atoms with Crippen molar-refractivity contribution in [3.63, 3.8) is 0 Å². The zero-order valence-electron chi connectivity index (χ0n) is 7.82. The van der Waals surface area contributed by atoms with E-state index in [1.807, 2.05) is 0 Å². The second-order valence-electron chi connectivity index (χ2n) is 3.50. The van der Waals surface area contributed by atoms with Gasteiger partial charge in [0.25, 0.3) is 0 Å². The smallest absolute Gasteiger partial charge is 0.0105 e. The average Bonchev–Trinajstić information content (AvgIpc) is 2.14. The van der Waals surface area contributed by atoms with Crippen LogP contribution in [0.25, 0.3) is 0 Å². The van der Waals surface area contributed by atoms with Crippen LogP contribution in [-0.2, 0) is 0 Å². The van der Waals surface area contributed by atoms with Gasteiger partial charge in [-0.05, 0) is 11.8 Å². The summed E-state index contributed by atoms with van der Waals surface area (Å²) in [5.74, 6) is 1.73. The average molecular weight is 215 g/mol. The molecule has 2 N–H and O–H groups in total. The van der Waals surface area contributed by atoms with Crippen LogP contribution in [0.5, 0.6) is 0 Å². The van der Waals surface area contributed by atoms with Crippen LogP contribution in [0.2, 0.25) is 0 Å². The fourth-order valence-corrected chi connectivity index (χ4v) is 1.61. The fourth-order valence-electron chi connectivity index (χ4n) is 1.61. The number of nitrogens with two attached hydrogens (primary N) is 1. The maximum atomic E-state index is 5.46. The number of rotatable bonds is 2. The largest absolute Gasteiger partial charge is 0.329 e. The second kappa shape index (κ2) is 6.96. The molecule has 2 atom stereocenters. The summed E-state index contributed by atoms with van der Waals surface area (Å²) in [6, 6.07) is 0. The first-order chi connectivity index (χ1) is 4.74. The molecule has 76 valence electrons. The summed E-state index contributed by atoms with van der Waals surface area (Å²) < 4.78 is 0. The van der Waals surface area contributed by atoms with Crippen molar-refractivity contribution >= 4 is 24.8 Å². The second-order valence-corrected chi connectivity index (χ2v) is 3.50. The Hall–Kier alpha value is 0.500. The molecule has 1 saturated heterocycles. The number of halogens is 2. The third kappa shape index (κ3) is 3.94. The highest BCUT2D eigenvalue weighted by atomic mass is 35.5. The molecule has 0 aromatic rings. The maximum Gasteiger partial charge on any atom is 0.0105 e. The van der Waals surface area contributed by atoms with Crippen molar-refractivity contribution in [3.8, 4) is 0 Å². The van der Waals surface area contributed by atoms with Crippen molar-refractivity contribution in [2.45, 2.75) is 13.8 Å². The van der Waals surface area contributed by atoms with E-state index in [0.29, 0.717) is 0 Å². The molecule has 0 aliphatic carbocycles. The third-order valence-electron chi connectivity index (χ3n) is 2.51. The molecule has 1 fully saturated rings. The summed E-state index contributed by atoms with van der Waals surface area (Å²) in [5, 5.41) is 0. The lowest BCUT2D eigenvalue weighted by Crippen LogP contribution is -2.27. The van der Waals surface area contributed by atoms with Gasteiger partial charge in [-0.2, -0.15) is 0 Å². The van der Waals surface area contributed by atoms with Crippen molar-refractivity contribution in [3.05, 3.63) is 0 Å². The Labute approximate surface area is 87.7 Å². The molecular formula is C8H20Cl2N2. The molecule has 1 aliphatic rings. The van der Waals surface area contributed by atoms with Gasteiger partial charge in [-0.3, -0.25) is 0 Å². The Balaban J connectivity index is 0. The molecule has 2 nitrogen and oxygen atoms in total. The summed E-state index contributed by atoms with van der Waals surface area (Å²) in [6.45, 7) is 9.02. The van der Waals surface area contributed by atoms with E-state index in [0.717, 1.165) is 24.9 Å². The zero-order chi connectivity index (χ0) is 7.56. The molecule has 1 aliphatic heterocycles. The van der Waals surface area contributed by atoms with Gasteiger partial charge in [-0.1, -0.05) is 13.8 Å². The molecule has 0 bridgehead atoms. The highest BCUT2D eigenvalue weighted by Crippen LogP contribution is 2.20. The van der Waals surface area contributed by atoms with Gasteiger partial charge in [0, 0.05) is 26.2 Å². The molecule has 1 heterocycles. The Kier molecular flexibility index (Phi) is 8.69. The van der Waals surface area contributed by atoms with Crippen LogP contribution < -0.4 is 5.73 Å². The Morgan fingerprint density at radius 1 is 1.17 bits per heavy atom. The summed E-state index contributed by atoms with van der Waals surface area (Å²) in [6.07, 6.45) is 0. The van der Waals surface area contributed by atoms with Crippen molar-refractivity contribution < 1.29 is 0 Å². The maximum absolute atomic E-state index is 5.46. The molecule has 0 aromatic carbocycles. The van der Waals surface area contributed by atoms with Crippen molar-refractivity contribution in [2.24, 2.45) is 17.6 Å². The molecule has 0 amide bonds. The number of nitrogens with zero attached hydrogens (tertiary/aromatic N) is 1. The van der Waals surface area contributed by atoms with Crippen LogP contribution in [0.4, 0.5) is 0 Å². The highest BCUT2D eigenvalue weighted by molar-refractivity contribution is 5.85. The van der Waals surface area contributed by atoms with E-state index < -0.39 is 0 Å². The van der Waals surface area contributed by atoms with Crippen LogP contribution in [0.3, 0.4) is 0 Å². The standard InChI is InChI=1S/C8H18N2.2ClH/c1-7-5-10(4-3-9)6-8(7)2;;/h7-8H,3-6,9H2,1-2H3;2*1H. The van der Waals surface area contributed by atoms with Crippen molar-refractivity contribution in [2.75, 3.05) is 26.2 Å². The van der Waals surface area contributed by atoms with Gasteiger partial charge in [0.1, 0.15) is 0 Å². The van der Waals surface area contributed by atoms with Gasteiger partial charge in [-0.25, -0.2) is 0 Å². The molecule has 2 unspecified atom stereocenters. The van der Waals surface area contributed by atoms with Crippen molar-refractivity contribution in [1.82, 2.24) is 4.90 Å². The minimum Gasteiger partial charge on any atom is -0.329 e. The predicted molar refractivity (Wildman–Crippen MR) is 58.3 cm³/mol. The first kappa shape index (κ1) is 15.0. The lowest BCUT2D eigenvalue weighted by molar-refractivity contribution is 0.333. The number of hydrogen-bond acceptors (Lipinski definition) is 2. The molecular weight excluding hydrogens is 195 g/mol. The Morgan fingerprint density at radius 2 is 1.58 bits per heavy atom. The first-order valence-corrected chi connectivity index (χ1v) is 4.16. The fraction of sp³-hybridized carbons (Fsp3) is 1.00. The minimum atomic E-state index is 0. The third-order valence-corrected chi connectivity index (χ3v) is 2.51. The first-order valence-electron chi connectivity index (χ1n) is 4.16. The van der Waals surface area contributed by atoms with E-state index in [9.17, 15) is 0 Å². The lowest BCUT2D eigenvalue weighted by atomic mass is 10.0. The van der Waals surface area contributed by atoms with E-state index in [1.54, 1.807) is 0 Å². The number of likely N-dealkylation sites (tertiary alicyclic amines) is 1. The molecule has 0 aromatic heterocycles. The van der Waals surface area contributed by atoms with Gasteiger partial charge in [-0.15, -0.1) is 24.8 Å². The van der Waals surface area contributed by atoms with Crippen molar-refractivity contribution in [1.29, 1.82) is 0 Å². The summed E-state index contributed by atoms with van der Waals surface area (Å²) in [7, 11) is 0. The molecule has 1 rings (SSSR count). The van der Waals surface area contributed by atoms with Gasteiger partial charge in [0.2, 0.25) is 0 Å². The highest BCUT2D eigenvalue weighted by Gasteiger charge is 2.24. The molecule has 0 radical (unpaired) electrons. The van der Waals surface area contributed by atoms with Gasteiger partial charge < -0.3 is 10.6 Å². The van der Waals surface area contributed by atoms with E-state index in [4.69, 9.17) is 5.73 Å². The zero-order valence-corrected chi connectivity index (χ0v) is 9.46. The van der Waals surface area contributed by atoms with Gasteiger partial charge >= 0.3 is 0 Å². The quantitative estimate of drug-likeness (QED) is 0.753. The Morgan fingerprint density at radius 3 is 1.92 bits per heavy atom. The molecule has 4 heteroatoms. The normalized spacial score (nSPS) is 29.2. The van der Waals surface area contributed by atoms with Crippen LogP contribution >= 0.6 is 24.8 Å². The number of hydrogen-bond donors (Lipinski definition) is 1. The van der Waals surface area contributed by atoms with E-state index >= 15 is 0 Å². The Bertz CT molecular complexity index is 101. The van der Waals surface area contributed by atoms with E-state index in [-0.39, 0.29) is 24.8 Å². The summed E-state index contributed by atoms with van der Waals surface area (Å²) in [5.41, 5.74) is 5.46. The van der Waals surface area contributed by atoms with Crippen LogP contribution in [0, 0.1) is 11.8 Å². The van der Waals surface area contributed by atoms with E-state index in [2.05, 4.69) is 18.7 Å². The van der Waals surface area contributed by atoms with E-state index in [1.165, 1.54) is 13.1 Å². The van der Waals surface area contributed by atoms with Gasteiger partial charge in [0.15, 0.2) is 0 Å². The van der Waals surface area contributed by atoms with Gasteiger partial charge in [0.05, 0.1) is 0 Å².